The normalized spacial score (nSPS) is 16.8. The second kappa shape index (κ2) is 8.28. The number of furan rings is 2. The second-order valence-corrected chi connectivity index (χ2v) is 8.50. The van der Waals surface area contributed by atoms with Crippen LogP contribution in [0.25, 0.3) is 11.0 Å². The molecule has 6 nitrogen and oxygen atoms in total. The monoisotopic (exact) mass is 409 g/mol. The molecule has 1 unspecified atom stereocenters. The molecule has 0 saturated carbocycles. The molecule has 3 aromatic rings. The van der Waals surface area contributed by atoms with Gasteiger partial charge in [-0.25, -0.2) is 0 Å². The molecule has 1 aromatic carbocycles. The summed E-state index contributed by atoms with van der Waals surface area (Å²) in [5, 5.41) is 4.10. The highest BCUT2D eigenvalue weighted by atomic mass is 16.3. The Morgan fingerprint density at radius 3 is 2.40 bits per heavy atom. The Balaban J connectivity index is 1.54. The zero-order chi connectivity index (χ0) is 21.4. The first-order chi connectivity index (χ1) is 14.3. The Kier molecular flexibility index (Phi) is 5.71. The Labute approximate surface area is 177 Å². The van der Waals surface area contributed by atoms with Crippen molar-refractivity contribution in [3.05, 3.63) is 58.2 Å². The lowest BCUT2D eigenvalue weighted by atomic mass is 10.0. The van der Waals surface area contributed by atoms with Gasteiger partial charge in [0.1, 0.15) is 17.1 Å². The van der Waals surface area contributed by atoms with E-state index in [1.807, 2.05) is 32.0 Å². The van der Waals surface area contributed by atoms with Gasteiger partial charge in [-0.2, -0.15) is 0 Å². The van der Waals surface area contributed by atoms with E-state index in [-0.39, 0.29) is 11.9 Å². The van der Waals surface area contributed by atoms with E-state index in [1.165, 1.54) is 5.56 Å². The lowest BCUT2D eigenvalue weighted by Gasteiger charge is -2.37. The maximum absolute atomic E-state index is 13.0. The Morgan fingerprint density at radius 1 is 1.03 bits per heavy atom. The fourth-order valence-corrected chi connectivity index (χ4v) is 4.14. The summed E-state index contributed by atoms with van der Waals surface area (Å²) in [6.45, 7) is 12.4. The molecular formula is C24H31N3O3. The first-order valence-electron chi connectivity index (χ1n) is 10.6. The summed E-state index contributed by atoms with van der Waals surface area (Å²) in [5.74, 6) is 1.99. The minimum atomic E-state index is -0.179. The number of benzene rings is 1. The molecule has 1 fully saturated rings. The number of aryl methyl sites for hydroxylation is 4. The number of carbonyl (C=O) groups is 1. The van der Waals surface area contributed by atoms with E-state index in [0.29, 0.717) is 12.3 Å². The number of piperazine rings is 1. The van der Waals surface area contributed by atoms with E-state index in [1.54, 1.807) is 0 Å². The molecule has 160 valence electrons. The SMILES string of the molecule is Cc1ccc(C(CNC(=O)c2oc3cc(C)c(C)cc3c2C)N2CCN(C)CC2)o1. The van der Waals surface area contributed by atoms with Gasteiger partial charge in [-0.3, -0.25) is 9.69 Å². The van der Waals surface area contributed by atoms with Crippen LogP contribution in [0.4, 0.5) is 0 Å². The number of likely N-dealkylation sites (N-methyl/N-ethyl adjacent to an activating group) is 1. The van der Waals surface area contributed by atoms with Gasteiger partial charge in [0, 0.05) is 43.7 Å². The minimum Gasteiger partial charge on any atom is -0.465 e. The van der Waals surface area contributed by atoms with Crippen molar-refractivity contribution in [2.45, 2.75) is 33.7 Å². The molecule has 0 radical (unpaired) electrons. The van der Waals surface area contributed by atoms with Crippen molar-refractivity contribution in [2.24, 2.45) is 0 Å². The molecule has 1 atom stereocenters. The number of fused-ring (bicyclic) bond motifs is 1. The molecule has 3 heterocycles. The van der Waals surface area contributed by atoms with Crippen LogP contribution in [0.3, 0.4) is 0 Å². The summed E-state index contributed by atoms with van der Waals surface area (Å²) in [6.07, 6.45) is 0. The van der Waals surface area contributed by atoms with Crippen molar-refractivity contribution >= 4 is 16.9 Å². The van der Waals surface area contributed by atoms with Gasteiger partial charge in [-0.1, -0.05) is 0 Å². The number of nitrogens with one attached hydrogen (secondary N) is 1. The van der Waals surface area contributed by atoms with Crippen LogP contribution in [0.1, 0.15) is 44.8 Å². The van der Waals surface area contributed by atoms with Gasteiger partial charge in [-0.05, 0) is 70.1 Å². The average molecular weight is 410 g/mol. The van der Waals surface area contributed by atoms with Crippen LogP contribution in [0.5, 0.6) is 0 Å². The summed E-state index contributed by atoms with van der Waals surface area (Å²) in [7, 11) is 2.14. The van der Waals surface area contributed by atoms with Gasteiger partial charge >= 0.3 is 0 Å². The fraction of sp³-hybridized carbons (Fsp3) is 0.458. The predicted octanol–water partition coefficient (Wildman–Crippen LogP) is 3.98. The first-order valence-corrected chi connectivity index (χ1v) is 10.6. The number of nitrogens with zero attached hydrogens (tertiary/aromatic N) is 2. The summed E-state index contributed by atoms with van der Waals surface area (Å²) in [6, 6.07) is 8.11. The third-order valence-electron chi connectivity index (χ3n) is 6.28. The van der Waals surface area contributed by atoms with Crippen molar-refractivity contribution in [3.8, 4) is 0 Å². The van der Waals surface area contributed by atoms with E-state index in [9.17, 15) is 4.79 Å². The quantitative estimate of drug-likeness (QED) is 0.691. The van der Waals surface area contributed by atoms with Gasteiger partial charge < -0.3 is 19.1 Å². The Bertz CT molecular complexity index is 1060. The van der Waals surface area contributed by atoms with Gasteiger partial charge in [0.05, 0.1) is 6.04 Å². The van der Waals surface area contributed by atoms with Crippen molar-refractivity contribution in [1.29, 1.82) is 0 Å². The molecule has 1 N–H and O–H groups in total. The van der Waals surface area contributed by atoms with Crippen LogP contribution in [0.15, 0.2) is 33.1 Å². The smallest absolute Gasteiger partial charge is 0.287 e. The molecule has 1 aliphatic rings. The maximum atomic E-state index is 13.0. The van der Waals surface area contributed by atoms with Crippen LogP contribution in [-0.4, -0.2) is 55.5 Å². The molecule has 0 spiro atoms. The average Bonchev–Trinajstić information content (AvgIpc) is 3.27. The van der Waals surface area contributed by atoms with Crippen molar-refractivity contribution in [1.82, 2.24) is 15.1 Å². The molecule has 1 saturated heterocycles. The Hall–Kier alpha value is -2.57. The molecule has 2 aromatic heterocycles. The second-order valence-electron chi connectivity index (χ2n) is 8.50. The van der Waals surface area contributed by atoms with Crippen LogP contribution in [-0.2, 0) is 0 Å². The number of carbonyl (C=O) groups excluding carboxylic acids is 1. The molecular weight excluding hydrogens is 378 g/mol. The van der Waals surface area contributed by atoms with E-state index >= 15 is 0 Å². The minimum absolute atomic E-state index is 0.00511. The number of amides is 1. The highest BCUT2D eigenvalue weighted by Gasteiger charge is 2.28. The molecule has 30 heavy (non-hydrogen) atoms. The van der Waals surface area contributed by atoms with Crippen molar-refractivity contribution in [3.63, 3.8) is 0 Å². The third-order valence-corrected chi connectivity index (χ3v) is 6.28. The maximum Gasteiger partial charge on any atom is 0.287 e. The van der Waals surface area contributed by atoms with Crippen LogP contribution >= 0.6 is 0 Å². The van der Waals surface area contributed by atoms with Gasteiger partial charge in [0.15, 0.2) is 5.76 Å². The number of hydrogen-bond acceptors (Lipinski definition) is 5. The molecule has 4 rings (SSSR count). The molecule has 6 heteroatoms. The molecule has 1 aliphatic heterocycles. The number of hydrogen-bond donors (Lipinski definition) is 1. The highest BCUT2D eigenvalue weighted by Crippen LogP contribution is 2.28. The number of rotatable bonds is 5. The van der Waals surface area contributed by atoms with Gasteiger partial charge in [-0.15, -0.1) is 0 Å². The topological polar surface area (TPSA) is 61.9 Å². The van der Waals surface area contributed by atoms with Crippen molar-refractivity contribution < 1.29 is 13.6 Å². The molecule has 0 bridgehead atoms. The summed E-state index contributed by atoms with van der Waals surface area (Å²) >= 11 is 0. The first kappa shape index (κ1) is 20.7. The lowest BCUT2D eigenvalue weighted by molar-refractivity contribution is 0.0831. The zero-order valence-corrected chi connectivity index (χ0v) is 18.5. The zero-order valence-electron chi connectivity index (χ0n) is 18.5. The highest BCUT2D eigenvalue weighted by molar-refractivity contribution is 5.99. The van der Waals surface area contributed by atoms with Crippen LogP contribution in [0, 0.1) is 27.7 Å². The van der Waals surface area contributed by atoms with E-state index in [0.717, 1.165) is 59.8 Å². The summed E-state index contributed by atoms with van der Waals surface area (Å²) in [5.41, 5.74) is 4.00. The summed E-state index contributed by atoms with van der Waals surface area (Å²) in [4.78, 5) is 17.7. The summed E-state index contributed by atoms with van der Waals surface area (Å²) < 4.78 is 11.9. The fourth-order valence-electron chi connectivity index (χ4n) is 4.14. The van der Waals surface area contributed by atoms with E-state index in [2.05, 4.69) is 42.1 Å². The van der Waals surface area contributed by atoms with E-state index in [4.69, 9.17) is 8.83 Å². The lowest BCUT2D eigenvalue weighted by Crippen LogP contribution is -2.48. The third kappa shape index (κ3) is 4.02. The standard InChI is InChI=1S/C24H31N3O3/c1-15-12-19-18(4)23(30-22(19)13-16(15)2)24(28)25-14-20(21-7-6-17(3)29-21)27-10-8-26(5)9-11-27/h6-7,12-13,20H,8-11,14H2,1-5H3,(H,25,28). The van der Waals surface area contributed by atoms with Gasteiger partial charge in [0.25, 0.3) is 5.91 Å². The predicted molar refractivity (Wildman–Crippen MR) is 118 cm³/mol. The van der Waals surface area contributed by atoms with Crippen molar-refractivity contribution in [2.75, 3.05) is 39.8 Å². The Morgan fingerprint density at radius 2 is 1.73 bits per heavy atom. The molecule has 1 amide bonds. The largest absolute Gasteiger partial charge is 0.465 e. The van der Waals surface area contributed by atoms with Gasteiger partial charge in [0.2, 0.25) is 0 Å². The van der Waals surface area contributed by atoms with E-state index < -0.39 is 0 Å². The van der Waals surface area contributed by atoms with Crippen LogP contribution in [0.2, 0.25) is 0 Å². The molecule has 0 aliphatic carbocycles. The van der Waals surface area contributed by atoms with Crippen LogP contribution < -0.4 is 5.32 Å².